The molecule has 4 nitrogen and oxygen atoms in total. The number of nitrogens with two attached hydrogens (primary N) is 1. The van der Waals surface area contributed by atoms with Gasteiger partial charge in [0.05, 0.1) is 11.0 Å². The molecule has 0 spiro atoms. The first-order chi connectivity index (χ1) is 13.1. The van der Waals surface area contributed by atoms with Crippen molar-refractivity contribution < 1.29 is 0 Å². The monoisotopic (exact) mass is 355 g/mol. The van der Waals surface area contributed by atoms with Crippen LogP contribution < -0.4 is 11.3 Å². The summed E-state index contributed by atoms with van der Waals surface area (Å²) in [6.07, 6.45) is 3.27. The van der Waals surface area contributed by atoms with E-state index in [9.17, 15) is 4.79 Å². The Morgan fingerprint density at radius 1 is 0.852 bits per heavy atom. The second-order valence-corrected chi connectivity index (χ2v) is 7.47. The maximum atomic E-state index is 12.2. The van der Waals surface area contributed by atoms with Gasteiger partial charge in [-0.05, 0) is 42.0 Å². The number of nitrogens with one attached hydrogen (secondary N) is 2. The first-order valence-electron chi connectivity index (χ1n) is 9.34. The fraction of sp³-hybridized carbons (Fsp3) is 0.174. The van der Waals surface area contributed by atoms with Crippen molar-refractivity contribution in [1.29, 1.82) is 0 Å². The van der Waals surface area contributed by atoms with Crippen LogP contribution in [0.1, 0.15) is 24.8 Å². The third-order valence-electron chi connectivity index (χ3n) is 5.72. The van der Waals surface area contributed by atoms with E-state index in [1.807, 2.05) is 24.3 Å². The van der Waals surface area contributed by atoms with Gasteiger partial charge in [-0.3, -0.25) is 4.79 Å². The quantitative estimate of drug-likeness (QED) is 0.505. The van der Waals surface area contributed by atoms with E-state index < -0.39 is 0 Å². The Hall–Kier alpha value is -3.11. The van der Waals surface area contributed by atoms with Gasteiger partial charge in [0.15, 0.2) is 0 Å². The summed E-state index contributed by atoms with van der Waals surface area (Å²) in [7, 11) is 0. The minimum absolute atomic E-state index is 0.102. The molecule has 0 aliphatic heterocycles. The van der Waals surface area contributed by atoms with Crippen LogP contribution in [0.5, 0.6) is 0 Å². The topological polar surface area (TPSA) is 74.7 Å². The summed E-state index contributed by atoms with van der Waals surface area (Å²) in [6.45, 7) is 0. The minimum Gasteiger partial charge on any atom is -0.353 e. The number of H-pyrrole nitrogens is 2. The van der Waals surface area contributed by atoms with Crippen molar-refractivity contribution in [3.05, 3.63) is 82.6 Å². The zero-order chi connectivity index (χ0) is 18.4. The number of pyridine rings is 1. The van der Waals surface area contributed by atoms with Crippen molar-refractivity contribution in [3.8, 4) is 22.4 Å². The normalized spacial score (nSPS) is 15.6. The van der Waals surface area contributed by atoms with E-state index in [1.54, 1.807) is 6.07 Å². The smallest absolute Gasteiger partial charge is 0.249 e. The average Bonchev–Trinajstić information content (AvgIpc) is 3.10. The van der Waals surface area contributed by atoms with Gasteiger partial charge in [-0.1, -0.05) is 54.6 Å². The van der Waals surface area contributed by atoms with Gasteiger partial charge in [-0.25, -0.2) is 0 Å². The highest BCUT2D eigenvalue weighted by molar-refractivity contribution is 5.94. The van der Waals surface area contributed by atoms with Gasteiger partial charge < -0.3 is 15.7 Å². The molecule has 1 saturated carbocycles. The lowest BCUT2D eigenvalue weighted by Crippen LogP contribution is -2.43. The fourth-order valence-electron chi connectivity index (χ4n) is 3.97. The molecule has 0 atom stereocenters. The standard InChI is InChI=1S/C23H21N3O/c24-23(11-4-12-23)17-9-7-15(8-10-17)18-13-21(27)25-20-14-19(26-22(18)20)16-5-2-1-3-6-16/h1-3,5-10,13-14,26H,4,11-12,24H2,(H,25,27). The zero-order valence-electron chi connectivity index (χ0n) is 15.0. The van der Waals surface area contributed by atoms with Crippen molar-refractivity contribution in [3.63, 3.8) is 0 Å². The van der Waals surface area contributed by atoms with Crippen molar-refractivity contribution in [2.24, 2.45) is 5.73 Å². The van der Waals surface area contributed by atoms with Crippen LogP contribution in [0.25, 0.3) is 33.4 Å². The molecule has 1 aliphatic carbocycles. The third-order valence-corrected chi connectivity index (χ3v) is 5.72. The average molecular weight is 355 g/mol. The van der Waals surface area contributed by atoms with Gasteiger partial charge in [0.1, 0.15) is 0 Å². The fourth-order valence-corrected chi connectivity index (χ4v) is 3.97. The molecule has 27 heavy (non-hydrogen) atoms. The van der Waals surface area contributed by atoms with Crippen molar-refractivity contribution in [1.82, 2.24) is 9.97 Å². The zero-order valence-corrected chi connectivity index (χ0v) is 15.0. The number of benzene rings is 2. The van der Waals surface area contributed by atoms with Gasteiger partial charge in [0, 0.05) is 22.9 Å². The molecule has 2 aromatic carbocycles. The molecule has 4 heteroatoms. The maximum absolute atomic E-state index is 12.2. The first kappa shape index (κ1) is 16.1. The van der Waals surface area contributed by atoms with E-state index in [0.717, 1.165) is 46.3 Å². The molecule has 0 unspecified atom stereocenters. The van der Waals surface area contributed by atoms with Gasteiger partial charge in [-0.2, -0.15) is 0 Å². The van der Waals surface area contributed by atoms with Gasteiger partial charge in [0.2, 0.25) is 5.56 Å². The Balaban J connectivity index is 1.62. The Morgan fingerprint density at radius 3 is 2.26 bits per heavy atom. The minimum atomic E-state index is -0.172. The summed E-state index contributed by atoms with van der Waals surface area (Å²) in [6, 6.07) is 22.1. The molecule has 4 N–H and O–H groups in total. The van der Waals surface area contributed by atoms with Gasteiger partial charge in [-0.15, -0.1) is 0 Å². The van der Waals surface area contributed by atoms with E-state index in [1.165, 1.54) is 12.0 Å². The molecule has 4 aromatic rings. The lowest BCUT2D eigenvalue weighted by molar-refractivity contribution is 0.253. The molecule has 2 aromatic heterocycles. The van der Waals surface area contributed by atoms with E-state index in [4.69, 9.17) is 5.73 Å². The predicted octanol–water partition coefficient (Wildman–Crippen LogP) is 4.53. The second-order valence-electron chi connectivity index (χ2n) is 7.47. The maximum Gasteiger partial charge on any atom is 0.249 e. The van der Waals surface area contributed by atoms with Crippen LogP contribution >= 0.6 is 0 Å². The molecule has 0 bridgehead atoms. The lowest BCUT2D eigenvalue weighted by Gasteiger charge is -2.38. The number of fused-ring (bicyclic) bond motifs is 1. The van der Waals surface area contributed by atoms with Crippen LogP contribution in [-0.2, 0) is 5.54 Å². The third kappa shape index (κ3) is 2.69. The van der Waals surface area contributed by atoms with Crippen LogP contribution in [0.2, 0.25) is 0 Å². The Morgan fingerprint density at radius 2 is 1.59 bits per heavy atom. The number of hydrogen-bond donors (Lipinski definition) is 3. The molecule has 2 heterocycles. The Bertz CT molecular complexity index is 1170. The van der Waals surface area contributed by atoms with Crippen LogP contribution in [0.15, 0.2) is 71.5 Å². The van der Waals surface area contributed by atoms with Crippen molar-refractivity contribution in [2.45, 2.75) is 24.8 Å². The van der Waals surface area contributed by atoms with Gasteiger partial charge in [0.25, 0.3) is 0 Å². The SMILES string of the molecule is NC1(c2ccc(-c3cc(=O)[nH]c4cc(-c5ccccc5)[nH]c34)cc2)CCC1. The first-order valence-corrected chi connectivity index (χ1v) is 9.34. The van der Waals surface area contributed by atoms with Crippen LogP contribution in [0.3, 0.4) is 0 Å². The summed E-state index contributed by atoms with van der Waals surface area (Å²) in [5.41, 5.74) is 13.1. The van der Waals surface area contributed by atoms with E-state index in [0.29, 0.717) is 0 Å². The highest BCUT2D eigenvalue weighted by Gasteiger charge is 2.34. The van der Waals surface area contributed by atoms with E-state index in [2.05, 4.69) is 46.4 Å². The van der Waals surface area contributed by atoms with Crippen molar-refractivity contribution >= 4 is 11.0 Å². The summed E-state index contributed by atoms with van der Waals surface area (Å²) >= 11 is 0. The molecule has 1 aliphatic rings. The van der Waals surface area contributed by atoms with Crippen molar-refractivity contribution in [2.75, 3.05) is 0 Å². The molecular weight excluding hydrogens is 334 g/mol. The largest absolute Gasteiger partial charge is 0.353 e. The Kier molecular flexibility index (Phi) is 3.55. The molecule has 134 valence electrons. The summed E-state index contributed by atoms with van der Waals surface area (Å²) < 4.78 is 0. The number of hydrogen-bond acceptors (Lipinski definition) is 2. The summed E-state index contributed by atoms with van der Waals surface area (Å²) in [5.74, 6) is 0. The lowest BCUT2D eigenvalue weighted by atomic mass is 9.72. The summed E-state index contributed by atoms with van der Waals surface area (Å²) in [5, 5.41) is 0. The number of aromatic amines is 2. The number of rotatable bonds is 3. The molecular formula is C23H21N3O. The van der Waals surface area contributed by atoms with E-state index in [-0.39, 0.29) is 11.1 Å². The highest BCUT2D eigenvalue weighted by atomic mass is 16.1. The molecule has 5 rings (SSSR count). The highest BCUT2D eigenvalue weighted by Crippen LogP contribution is 2.39. The predicted molar refractivity (Wildman–Crippen MR) is 110 cm³/mol. The second kappa shape index (κ2) is 5.96. The summed E-state index contributed by atoms with van der Waals surface area (Å²) in [4.78, 5) is 18.6. The van der Waals surface area contributed by atoms with Crippen LogP contribution in [0.4, 0.5) is 0 Å². The van der Waals surface area contributed by atoms with Gasteiger partial charge >= 0.3 is 0 Å². The van der Waals surface area contributed by atoms with E-state index >= 15 is 0 Å². The molecule has 0 radical (unpaired) electrons. The molecule has 0 amide bonds. The molecule has 0 saturated heterocycles. The van der Waals surface area contributed by atoms with Crippen LogP contribution in [-0.4, -0.2) is 9.97 Å². The Labute approximate surface area is 157 Å². The molecule has 1 fully saturated rings. The number of aromatic nitrogens is 2. The van der Waals surface area contributed by atoms with Crippen LogP contribution in [0, 0.1) is 0 Å².